The number of aliphatic carboxylic acids is 3. The Hall–Kier alpha value is -4.98. The molecule has 4 aromatic carbocycles. The molecule has 2 aliphatic heterocycles. The minimum absolute atomic E-state index is 0. The second-order valence-electron chi connectivity index (χ2n) is 9.29. The smallest absolute Gasteiger partial charge is 0.550 e. The van der Waals surface area contributed by atoms with Crippen molar-refractivity contribution in [2.75, 3.05) is 22.9 Å². The first kappa shape index (κ1) is 38.0. The van der Waals surface area contributed by atoms with Crippen LogP contribution >= 0.6 is 0 Å². The quantitative estimate of drug-likeness (QED) is 0.299. The molecule has 0 radical (unpaired) electrons. The van der Waals surface area contributed by atoms with Gasteiger partial charge in [-0.3, -0.25) is 0 Å². The Morgan fingerprint density at radius 1 is 0.489 bits per heavy atom. The van der Waals surface area contributed by atoms with E-state index in [0.717, 1.165) is 33.9 Å². The summed E-state index contributed by atoms with van der Waals surface area (Å²) >= 11 is 0. The molecule has 2 aliphatic rings. The molecule has 0 aliphatic carbocycles. The number of rotatable bonds is 2. The summed E-state index contributed by atoms with van der Waals surface area (Å²) in [7, 11) is 0. The van der Waals surface area contributed by atoms with Crippen LogP contribution in [0.15, 0.2) is 121 Å². The molecule has 0 unspecified atom stereocenters. The largest absolute Gasteiger partial charge is 3.00 e. The van der Waals surface area contributed by atoms with E-state index in [1.54, 1.807) is 0 Å². The number of anilines is 4. The molecule has 2 heterocycles. The van der Waals surface area contributed by atoms with Crippen molar-refractivity contribution >= 4 is 52.8 Å². The maximum atomic E-state index is 8.89. The van der Waals surface area contributed by atoms with Crippen molar-refractivity contribution in [1.29, 1.82) is 0 Å². The molecule has 0 N–H and O–H groups in total. The van der Waals surface area contributed by atoms with Crippen LogP contribution in [-0.2, 0) is 34.5 Å². The molecule has 9 heteroatoms. The molecular formula is C36H35IrN2O6. The minimum atomic E-state index is -1.08. The number of carboxylic acids is 3. The number of para-hydroxylation sites is 4. The van der Waals surface area contributed by atoms with E-state index in [2.05, 4.69) is 143 Å². The van der Waals surface area contributed by atoms with Gasteiger partial charge in [0.1, 0.15) is 0 Å². The summed E-state index contributed by atoms with van der Waals surface area (Å²) in [6, 6.07) is 38.0. The monoisotopic (exact) mass is 784 g/mol. The SMILES string of the molecule is C1=Cc2ccccc2N(c2ccccc2)C1.C1=Cc2ccccc2N(c2ccccc2)C1.CC(=O)[O-].CC(=O)[O-].CC(=O)[O-].[Ir+3]. The van der Waals surface area contributed by atoms with Gasteiger partial charge in [0.2, 0.25) is 0 Å². The van der Waals surface area contributed by atoms with Crippen molar-refractivity contribution in [3.8, 4) is 0 Å². The summed E-state index contributed by atoms with van der Waals surface area (Å²) < 4.78 is 0. The van der Waals surface area contributed by atoms with Gasteiger partial charge in [-0.05, 0) is 68.3 Å². The van der Waals surface area contributed by atoms with Gasteiger partial charge in [-0.1, -0.05) is 97.1 Å². The van der Waals surface area contributed by atoms with Gasteiger partial charge < -0.3 is 39.5 Å². The summed E-state index contributed by atoms with van der Waals surface area (Å²) in [6.07, 6.45) is 8.79. The number of carbonyl (C=O) groups excluding carboxylic acids is 3. The van der Waals surface area contributed by atoms with Crippen LogP contribution in [0, 0.1) is 0 Å². The topological polar surface area (TPSA) is 127 Å². The molecule has 6 rings (SSSR count). The third kappa shape index (κ3) is 14.4. The zero-order valence-corrected chi connectivity index (χ0v) is 27.7. The molecule has 234 valence electrons. The Bertz CT molecular complexity index is 1400. The first-order chi connectivity index (χ1) is 21.1. The summed E-state index contributed by atoms with van der Waals surface area (Å²) in [4.78, 5) is 31.3. The van der Waals surface area contributed by atoms with Crippen molar-refractivity contribution in [1.82, 2.24) is 0 Å². The number of hydrogen-bond donors (Lipinski definition) is 0. The third-order valence-corrected chi connectivity index (χ3v) is 5.76. The van der Waals surface area contributed by atoms with Crippen LogP contribution in [0.3, 0.4) is 0 Å². The van der Waals surface area contributed by atoms with Crippen molar-refractivity contribution in [3.63, 3.8) is 0 Å². The minimum Gasteiger partial charge on any atom is -0.550 e. The molecule has 0 amide bonds. The number of carboxylic acid groups (broad SMARTS) is 3. The Balaban J connectivity index is 0.000000329. The van der Waals surface area contributed by atoms with Gasteiger partial charge in [-0.2, -0.15) is 0 Å². The van der Waals surface area contributed by atoms with E-state index in [9.17, 15) is 0 Å². The van der Waals surface area contributed by atoms with Crippen molar-refractivity contribution < 1.29 is 49.8 Å². The maximum absolute atomic E-state index is 8.89. The average molecular weight is 784 g/mol. The zero-order chi connectivity index (χ0) is 32.3. The van der Waals surface area contributed by atoms with E-state index in [1.165, 1.54) is 33.9 Å². The number of benzene rings is 4. The number of nitrogens with zero attached hydrogens (tertiary/aromatic N) is 2. The summed E-state index contributed by atoms with van der Waals surface area (Å²) in [5.41, 5.74) is 7.65. The Labute approximate surface area is 277 Å². The van der Waals surface area contributed by atoms with Crippen LogP contribution in [0.2, 0.25) is 0 Å². The fraction of sp³-hybridized carbons (Fsp3) is 0.139. The van der Waals surface area contributed by atoms with Crippen LogP contribution in [0.1, 0.15) is 31.9 Å². The number of fused-ring (bicyclic) bond motifs is 2. The van der Waals surface area contributed by atoms with E-state index >= 15 is 0 Å². The van der Waals surface area contributed by atoms with Gasteiger partial charge in [0.05, 0.1) is 0 Å². The first-order valence-electron chi connectivity index (χ1n) is 13.8. The predicted octanol–water partition coefficient (Wildman–Crippen LogP) is 3.97. The van der Waals surface area contributed by atoms with Crippen LogP contribution in [0.4, 0.5) is 22.7 Å². The van der Waals surface area contributed by atoms with Crippen LogP contribution < -0.4 is 25.1 Å². The molecule has 0 fully saturated rings. The standard InChI is InChI=1S/2C15H13N.3C2H4O2.Ir/c2*1-2-9-14(10-3-1)16-12-6-8-13-7-4-5-11-15(13)16;3*1-2(3)4;/h2*1-11H,12H2;3*1H3,(H,3,4);/q;;;;;+3/p-3. The molecule has 0 atom stereocenters. The fourth-order valence-electron chi connectivity index (χ4n) is 4.22. The van der Waals surface area contributed by atoms with E-state index in [1.807, 2.05) is 0 Å². The van der Waals surface area contributed by atoms with Gasteiger partial charge >= 0.3 is 20.1 Å². The van der Waals surface area contributed by atoms with E-state index < -0.39 is 17.9 Å². The number of hydrogen-bond acceptors (Lipinski definition) is 8. The molecular weight excluding hydrogens is 749 g/mol. The van der Waals surface area contributed by atoms with Gasteiger partial charge in [0, 0.05) is 53.7 Å². The molecule has 4 aromatic rings. The maximum Gasteiger partial charge on any atom is 3.00 e. The molecule has 0 saturated heterocycles. The number of carbonyl (C=O) groups is 3. The molecule has 8 nitrogen and oxygen atoms in total. The molecule has 0 spiro atoms. The van der Waals surface area contributed by atoms with Crippen LogP contribution in [0.25, 0.3) is 12.2 Å². The molecule has 45 heavy (non-hydrogen) atoms. The third-order valence-electron chi connectivity index (χ3n) is 5.76. The van der Waals surface area contributed by atoms with Gasteiger partial charge in [0.25, 0.3) is 0 Å². The first-order valence-corrected chi connectivity index (χ1v) is 13.8. The van der Waals surface area contributed by atoms with E-state index in [4.69, 9.17) is 29.7 Å². The summed E-state index contributed by atoms with van der Waals surface area (Å²) in [5.74, 6) is -3.25. The Morgan fingerprint density at radius 2 is 0.756 bits per heavy atom. The van der Waals surface area contributed by atoms with E-state index in [-0.39, 0.29) is 20.1 Å². The van der Waals surface area contributed by atoms with Crippen molar-refractivity contribution in [2.45, 2.75) is 20.8 Å². The fourth-order valence-corrected chi connectivity index (χ4v) is 4.22. The average Bonchev–Trinajstić information content (AvgIpc) is 3.01. The Morgan fingerprint density at radius 3 is 1.07 bits per heavy atom. The van der Waals surface area contributed by atoms with Gasteiger partial charge in [0.15, 0.2) is 0 Å². The second-order valence-corrected chi connectivity index (χ2v) is 9.29. The molecule has 0 saturated carbocycles. The molecule has 0 bridgehead atoms. The predicted molar refractivity (Wildman–Crippen MR) is 170 cm³/mol. The molecule has 0 aromatic heterocycles. The van der Waals surface area contributed by atoms with Crippen LogP contribution in [0.5, 0.6) is 0 Å². The normalized spacial score (nSPS) is 11.4. The van der Waals surface area contributed by atoms with Gasteiger partial charge in [-0.25, -0.2) is 0 Å². The van der Waals surface area contributed by atoms with Gasteiger partial charge in [-0.15, -0.1) is 0 Å². The van der Waals surface area contributed by atoms with E-state index in [0.29, 0.717) is 0 Å². The van der Waals surface area contributed by atoms with Crippen molar-refractivity contribution in [3.05, 3.63) is 132 Å². The van der Waals surface area contributed by atoms with Crippen LogP contribution in [-0.4, -0.2) is 31.0 Å². The Kier molecular flexibility index (Phi) is 17.6. The zero-order valence-electron chi connectivity index (χ0n) is 25.3. The van der Waals surface area contributed by atoms with Crippen molar-refractivity contribution in [2.24, 2.45) is 0 Å². The summed E-state index contributed by atoms with van der Waals surface area (Å²) in [6.45, 7) is 4.81. The summed E-state index contributed by atoms with van der Waals surface area (Å²) in [5, 5.41) is 26.7. The second kappa shape index (κ2) is 20.8.